The summed E-state index contributed by atoms with van der Waals surface area (Å²) in [5, 5.41) is 13.5. The van der Waals surface area contributed by atoms with Crippen LogP contribution in [0.2, 0.25) is 0 Å². The monoisotopic (exact) mass is 266 g/mol. The fourth-order valence-corrected chi connectivity index (χ4v) is 2.56. The van der Waals surface area contributed by atoms with Gasteiger partial charge in [0.05, 0.1) is 6.10 Å². The van der Waals surface area contributed by atoms with Gasteiger partial charge in [-0.3, -0.25) is 0 Å². The van der Waals surface area contributed by atoms with Crippen LogP contribution in [0.25, 0.3) is 0 Å². The summed E-state index contributed by atoms with van der Waals surface area (Å²) in [6.07, 6.45) is 1.64. The molecule has 0 radical (unpaired) electrons. The molecule has 1 aliphatic heterocycles. The van der Waals surface area contributed by atoms with E-state index < -0.39 is 6.10 Å². The van der Waals surface area contributed by atoms with E-state index in [2.05, 4.69) is 24.2 Å². The van der Waals surface area contributed by atoms with Crippen molar-refractivity contribution in [1.29, 1.82) is 0 Å². The molecule has 0 aromatic heterocycles. The lowest BCUT2D eigenvalue weighted by Crippen LogP contribution is -2.46. The summed E-state index contributed by atoms with van der Waals surface area (Å²) in [4.78, 5) is 2.36. The molecule has 1 aliphatic rings. The Hall–Kier alpha value is -0.970. The number of piperidine rings is 1. The molecule has 4 heteroatoms. The first-order valence-corrected chi connectivity index (χ1v) is 6.93. The third-order valence-electron chi connectivity index (χ3n) is 4.06. The van der Waals surface area contributed by atoms with Crippen LogP contribution in [0, 0.1) is 5.82 Å². The molecule has 3 atom stereocenters. The molecule has 3 unspecified atom stereocenters. The molecule has 1 aromatic rings. The predicted octanol–water partition coefficient (Wildman–Crippen LogP) is 1.93. The molecule has 1 heterocycles. The number of rotatable bonds is 4. The summed E-state index contributed by atoms with van der Waals surface area (Å²) in [5.41, 5.74) is 0.759. The van der Waals surface area contributed by atoms with Crippen LogP contribution in [0.4, 0.5) is 4.39 Å². The molecule has 2 rings (SSSR count). The first-order valence-electron chi connectivity index (χ1n) is 6.93. The molecule has 3 nitrogen and oxygen atoms in total. The number of halogens is 1. The quantitative estimate of drug-likeness (QED) is 0.874. The standard InChI is InChI=1S/C15H23FN2O/c1-11-9-14(7-8-18(11)2)17-10-15(19)12-3-5-13(16)6-4-12/h3-6,11,14-15,17,19H,7-10H2,1-2H3. The zero-order valence-electron chi connectivity index (χ0n) is 11.6. The second kappa shape index (κ2) is 6.46. The van der Waals surface area contributed by atoms with E-state index in [0.717, 1.165) is 24.9 Å². The first-order chi connectivity index (χ1) is 9.06. The highest BCUT2D eigenvalue weighted by molar-refractivity contribution is 5.18. The summed E-state index contributed by atoms with van der Waals surface area (Å²) in [5.74, 6) is -0.270. The average Bonchev–Trinajstić information content (AvgIpc) is 2.40. The Balaban J connectivity index is 1.80. The second-order valence-corrected chi connectivity index (χ2v) is 5.53. The van der Waals surface area contributed by atoms with Gasteiger partial charge in [0.1, 0.15) is 5.82 Å². The van der Waals surface area contributed by atoms with Crippen LogP contribution in [0.1, 0.15) is 31.4 Å². The number of nitrogens with one attached hydrogen (secondary N) is 1. The van der Waals surface area contributed by atoms with Gasteiger partial charge in [-0.25, -0.2) is 4.39 Å². The van der Waals surface area contributed by atoms with Crippen LogP contribution >= 0.6 is 0 Å². The van der Waals surface area contributed by atoms with Crippen LogP contribution in [-0.4, -0.2) is 42.2 Å². The Morgan fingerprint density at radius 2 is 2.11 bits per heavy atom. The van der Waals surface area contributed by atoms with Gasteiger partial charge in [-0.2, -0.15) is 0 Å². The Labute approximate surface area is 114 Å². The van der Waals surface area contributed by atoms with Crippen molar-refractivity contribution >= 4 is 0 Å². The van der Waals surface area contributed by atoms with Gasteiger partial charge in [0.25, 0.3) is 0 Å². The van der Waals surface area contributed by atoms with Crippen molar-refractivity contribution in [3.8, 4) is 0 Å². The predicted molar refractivity (Wildman–Crippen MR) is 74.5 cm³/mol. The fraction of sp³-hybridized carbons (Fsp3) is 0.600. The van der Waals surface area contributed by atoms with Crippen molar-refractivity contribution in [2.24, 2.45) is 0 Å². The number of aliphatic hydroxyl groups is 1. The normalized spacial score (nSPS) is 26.3. The van der Waals surface area contributed by atoms with Gasteiger partial charge < -0.3 is 15.3 Å². The fourth-order valence-electron chi connectivity index (χ4n) is 2.56. The maximum absolute atomic E-state index is 12.8. The number of hydrogen-bond acceptors (Lipinski definition) is 3. The van der Waals surface area contributed by atoms with E-state index in [0.29, 0.717) is 18.6 Å². The molecule has 0 saturated carbocycles. The molecule has 0 amide bonds. The molecule has 19 heavy (non-hydrogen) atoms. The molecule has 0 spiro atoms. The lowest BCUT2D eigenvalue weighted by atomic mass is 9.98. The van der Waals surface area contributed by atoms with E-state index in [4.69, 9.17) is 0 Å². The second-order valence-electron chi connectivity index (χ2n) is 5.53. The zero-order chi connectivity index (χ0) is 13.8. The van der Waals surface area contributed by atoms with Crippen molar-refractivity contribution in [3.05, 3.63) is 35.6 Å². The maximum atomic E-state index is 12.8. The Kier molecular flexibility index (Phi) is 4.91. The molecule has 2 N–H and O–H groups in total. The minimum Gasteiger partial charge on any atom is -0.387 e. The average molecular weight is 266 g/mol. The number of nitrogens with zero attached hydrogens (tertiary/aromatic N) is 1. The van der Waals surface area contributed by atoms with E-state index in [1.54, 1.807) is 12.1 Å². The Morgan fingerprint density at radius 1 is 1.42 bits per heavy atom. The molecule has 1 saturated heterocycles. The molecule has 1 fully saturated rings. The number of benzene rings is 1. The van der Waals surface area contributed by atoms with Gasteiger partial charge in [-0.05, 0) is 51.1 Å². The van der Waals surface area contributed by atoms with Gasteiger partial charge >= 0.3 is 0 Å². The van der Waals surface area contributed by atoms with Crippen LogP contribution < -0.4 is 5.32 Å². The summed E-state index contributed by atoms with van der Waals surface area (Å²) in [6, 6.07) is 7.08. The summed E-state index contributed by atoms with van der Waals surface area (Å²) in [7, 11) is 2.15. The van der Waals surface area contributed by atoms with E-state index in [-0.39, 0.29) is 5.82 Å². The summed E-state index contributed by atoms with van der Waals surface area (Å²) < 4.78 is 12.8. The van der Waals surface area contributed by atoms with Crippen LogP contribution in [0.15, 0.2) is 24.3 Å². The lowest BCUT2D eigenvalue weighted by molar-refractivity contribution is 0.139. The molecule has 1 aromatic carbocycles. The minimum atomic E-state index is -0.574. The Bertz CT molecular complexity index is 396. The van der Waals surface area contributed by atoms with Crippen LogP contribution in [0.5, 0.6) is 0 Å². The smallest absolute Gasteiger partial charge is 0.123 e. The topological polar surface area (TPSA) is 35.5 Å². The van der Waals surface area contributed by atoms with Crippen molar-refractivity contribution < 1.29 is 9.50 Å². The first kappa shape index (κ1) is 14.4. The zero-order valence-corrected chi connectivity index (χ0v) is 11.6. The highest BCUT2D eigenvalue weighted by atomic mass is 19.1. The largest absolute Gasteiger partial charge is 0.387 e. The lowest BCUT2D eigenvalue weighted by Gasteiger charge is -2.35. The van der Waals surface area contributed by atoms with Gasteiger partial charge in [-0.1, -0.05) is 12.1 Å². The summed E-state index contributed by atoms with van der Waals surface area (Å²) >= 11 is 0. The van der Waals surface area contributed by atoms with Gasteiger partial charge in [0, 0.05) is 18.6 Å². The molecule has 106 valence electrons. The van der Waals surface area contributed by atoms with Gasteiger partial charge in [0.15, 0.2) is 0 Å². The maximum Gasteiger partial charge on any atom is 0.123 e. The van der Waals surface area contributed by atoms with Crippen molar-refractivity contribution in [2.45, 2.75) is 38.0 Å². The van der Waals surface area contributed by atoms with E-state index in [1.807, 2.05) is 0 Å². The van der Waals surface area contributed by atoms with Crippen molar-refractivity contribution in [1.82, 2.24) is 10.2 Å². The summed E-state index contributed by atoms with van der Waals surface area (Å²) in [6.45, 7) is 3.84. The van der Waals surface area contributed by atoms with Crippen molar-refractivity contribution in [3.63, 3.8) is 0 Å². The molecular formula is C15H23FN2O. The third-order valence-corrected chi connectivity index (χ3v) is 4.06. The van der Waals surface area contributed by atoms with Crippen LogP contribution in [0.3, 0.4) is 0 Å². The van der Waals surface area contributed by atoms with E-state index in [9.17, 15) is 9.50 Å². The highest BCUT2D eigenvalue weighted by Crippen LogP contribution is 2.17. The van der Waals surface area contributed by atoms with Gasteiger partial charge in [0.2, 0.25) is 0 Å². The third kappa shape index (κ3) is 4.00. The van der Waals surface area contributed by atoms with Crippen LogP contribution in [-0.2, 0) is 0 Å². The van der Waals surface area contributed by atoms with Crippen molar-refractivity contribution in [2.75, 3.05) is 20.1 Å². The van der Waals surface area contributed by atoms with E-state index in [1.165, 1.54) is 12.1 Å². The number of likely N-dealkylation sites (tertiary alicyclic amines) is 1. The molecule has 0 aliphatic carbocycles. The number of aliphatic hydroxyl groups excluding tert-OH is 1. The van der Waals surface area contributed by atoms with E-state index >= 15 is 0 Å². The Morgan fingerprint density at radius 3 is 2.74 bits per heavy atom. The molecule has 0 bridgehead atoms. The van der Waals surface area contributed by atoms with Gasteiger partial charge in [-0.15, -0.1) is 0 Å². The SMILES string of the molecule is CC1CC(NCC(O)c2ccc(F)cc2)CCN1C. The number of hydrogen-bond donors (Lipinski definition) is 2. The minimum absolute atomic E-state index is 0.270. The highest BCUT2D eigenvalue weighted by Gasteiger charge is 2.22. The molecular weight excluding hydrogens is 243 g/mol.